The van der Waals surface area contributed by atoms with Crippen LogP contribution in [0.4, 0.5) is 4.39 Å². The van der Waals surface area contributed by atoms with Gasteiger partial charge in [-0.3, -0.25) is 4.79 Å². The summed E-state index contributed by atoms with van der Waals surface area (Å²) in [4.78, 5) is 11.5. The molecule has 2 aromatic rings. The van der Waals surface area contributed by atoms with Crippen molar-refractivity contribution >= 4 is 5.91 Å². The van der Waals surface area contributed by atoms with Gasteiger partial charge in [0.25, 0.3) is 0 Å². The molecule has 0 aliphatic carbocycles. The maximum atomic E-state index is 12.7. The number of nitrogens with zero attached hydrogens (tertiary/aromatic N) is 2. The van der Waals surface area contributed by atoms with Crippen molar-refractivity contribution in [2.24, 2.45) is 0 Å². The topological polar surface area (TPSA) is 68.0 Å². The zero-order chi connectivity index (χ0) is 13.0. The van der Waals surface area contributed by atoms with Gasteiger partial charge in [-0.15, -0.1) is 10.2 Å². The molecule has 0 radical (unpaired) electrons. The normalized spacial score (nSPS) is 10.3. The molecule has 1 heterocycles. The first-order valence-electron chi connectivity index (χ1n) is 5.58. The Balaban J connectivity index is 2.15. The summed E-state index contributed by atoms with van der Waals surface area (Å²) >= 11 is 0. The molecule has 0 saturated carbocycles. The van der Waals surface area contributed by atoms with Crippen LogP contribution in [0.3, 0.4) is 0 Å². The summed E-state index contributed by atoms with van der Waals surface area (Å²) in [7, 11) is 0. The molecule has 0 aliphatic heterocycles. The van der Waals surface area contributed by atoms with Crippen molar-refractivity contribution in [3.63, 3.8) is 0 Å². The third-order valence-corrected chi connectivity index (χ3v) is 2.25. The predicted molar refractivity (Wildman–Crippen MR) is 62.3 cm³/mol. The maximum absolute atomic E-state index is 12.7. The smallest absolute Gasteiger partial charge is 0.308 e. The second-order valence-corrected chi connectivity index (χ2v) is 3.68. The average molecular weight is 249 g/mol. The largest absolute Gasteiger partial charge is 0.412 e. The first kappa shape index (κ1) is 12.2. The molecule has 0 bridgehead atoms. The van der Waals surface area contributed by atoms with Crippen molar-refractivity contribution in [2.75, 3.05) is 6.54 Å². The van der Waals surface area contributed by atoms with Crippen LogP contribution in [0.15, 0.2) is 28.7 Å². The minimum absolute atomic E-state index is 0.0947. The number of halogens is 1. The van der Waals surface area contributed by atoms with Gasteiger partial charge in [0.15, 0.2) is 0 Å². The second kappa shape index (κ2) is 5.39. The van der Waals surface area contributed by atoms with Crippen LogP contribution in [0.1, 0.15) is 24.0 Å². The Kier molecular flexibility index (Phi) is 3.66. The number of hydrogen-bond acceptors (Lipinski definition) is 4. The summed E-state index contributed by atoms with van der Waals surface area (Å²) in [6, 6.07) is 5.60. The lowest BCUT2D eigenvalue weighted by molar-refractivity contribution is 0.0919. The number of nitrogens with one attached hydrogen (secondary N) is 1. The van der Waals surface area contributed by atoms with Crippen LogP contribution in [-0.4, -0.2) is 22.6 Å². The molecule has 1 N–H and O–H groups in total. The predicted octanol–water partition coefficient (Wildman–Crippen LogP) is 2.02. The number of amides is 1. The summed E-state index contributed by atoms with van der Waals surface area (Å²) in [5, 5.41) is 10.0. The number of hydrogen-bond donors (Lipinski definition) is 1. The molecule has 0 unspecified atom stereocenters. The highest BCUT2D eigenvalue weighted by molar-refractivity contribution is 5.89. The lowest BCUT2D eigenvalue weighted by Crippen LogP contribution is -2.24. The molecule has 0 saturated heterocycles. The third kappa shape index (κ3) is 2.71. The van der Waals surface area contributed by atoms with E-state index in [0.29, 0.717) is 12.1 Å². The average Bonchev–Trinajstić information content (AvgIpc) is 2.86. The molecule has 5 nitrogen and oxygen atoms in total. The maximum Gasteiger partial charge on any atom is 0.308 e. The van der Waals surface area contributed by atoms with E-state index in [-0.39, 0.29) is 17.6 Å². The van der Waals surface area contributed by atoms with E-state index in [4.69, 9.17) is 4.42 Å². The van der Waals surface area contributed by atoms with Gasteiger partial charge in [0.05, 0.1) is 0 Å². The van der Waals surface area contributed by atoms with E-state index < -0.39 is 5.91 Å². The summed E-state index contributed by atoms with van der Waals surface area (Å²) in [6.45, 7) is 2.49. The molecule has 2 rings (SSSR count). The fraction of sp³-hybridized carbons (Fsp3) is 0.250. The zero-order valence-electron chi connectivity index (χ0n) is 9.81. The van der Waals surface area contributed by atoms with Gasteiger partial charge in [0.1, 0.15) is 5.82 Å². The highest BCUT2D eigenvalue weighted by atomic mass is 19.1. The highest BCUT2D eigenvalue weighted by Crippen LogP contribution is 2.17. The van der Waals surface area contributed by atoms with Crippen molar-refractivity contribution in [3.8, 4) is 11.5 Å². The SMILES string of the molecule is CCCNC(=O)c1nnc(-c2ccc(F)cc2)o1. The van der Waals surface area contributed by atoms with E-state index in [1.54, 1.807) is 0 Å². The monoisotopic (exact) mass is 249 g/mol. The van der Waals surface area contributed by atoms with Crippen LogP contribution in [0.5, 0.6) is 0 Å². The van der Waals surface area contributed by atoms with Gasteiger partial charge in [0.2, 0.25) is 5.89 Å². The van der Waals surface area contributed by atoms with Gasteiger partial charge in [-0.2, -0.15) is 0 Å². The van der Waals surface area contributed by atoms with E-state index >= 15 is 0 Å². The van der Waals surface area contributed by atoms with E-state index in [0.717, 1.165) is 6.42 Å². The van der Waals surface area contributed by atoms with Crippen molar-refractivity contribution in [1.82, 2.24) is 15.5 Å². The van der Waals surface area contributed by atoms with Crippen molar-refractivity contribution in [1.29, 1.82) is 0 Å². The van der Waals surface area contributed by atoms with Crippen LogP contribution < -0.4 is 5.32 Å². The van der Waals surface area contributed by atoms with E-state index in [2.05, 4.69) is 15.5 Å². The van der Waals surface area contributed by atoms with Crippen LogP contribution in [0.25, 0.3) is 11.5 Å². The lowest BCUT2D eigenvalue weighted by Gasteiger charge is -1.97. The third-order valence-electron chi connectivity index (χ3n) is 2.25. The van der Waals surface area contributed by atoms with Crippen LogP contribution in [0.2, 0.25) is 0 Å². The molecule has 0 atom stereocenters. The molecule has 1 aromatic heterocycles. The van der Waals surface area contributed by atoms with Gasteiger partial charge < -0.3 is 9.73 Å². The van der Waals surface area contributed by atoms with Crippen LogP contribution in [-0.2, 0) is 0 Å². The summed E-state index contributed by atoms with van der Waals surface area (Å²) in [6.07, 6.45) is 0.824. The molecule has 18 heavy (non-hydrogen) atoms. The Bertz CT molecular complexity index is 537. The number of benzene rings is 1. The van der Waals surface area contributed by atoms with Gasteiger partial charge >= 0.3 is 11.8 Å². The Morgan fingerprint density at radius 2 is 2.06 bits per heavy atom. The molecule has 1 aromatic carbocycles. The van der Waals surface area contributed by atoms with Crippen molar-refractivity contribution in [3.05, 3.63) is 36.0 Å². The minimum Gasteiger partial charge on any atom is -0.412 e. The first-order valence-corrected chi connectivity index (χ1v) is 5.58. The van der Waals surface area contributed by atoms with Crippen LogP contribution in [0, 0.1) is 5.82 Å². The number of aromatic nitrogens is 2. The quantitative estimate of drug-likeness (QED) is 0.900. The van der Waals surface area contributed by atoms with Crippen molar-refractivity contribution in [2.45, 2.75) is 13.3 Å². The molecule has 1 amide bonds. The van der Waals surface area contributed by atoms with Gasteiger partial charge in [0, 0.05) is 12.1 Å². The van der Waals surface area contributed by atoms with E-state index in [1.807, 2.05) is 6.92 Å². The second-order valence-electron chi connectivity index (χ2n) is 3.68. The number of carbonyl (C=O) groups is 1. The Labute approximate surface area is 103 Å². The molecule has 6 heteroatoms. The molecule has 94 valence electrons. The summed E-state index contributed by atoms with van der Waals surface area (Å²) < 4.78 is 18.0. The van der Waals surface area contributed by atoms with Crippen molar-refractivity contribution < 1.29 is 13.6 Å². The van der Waals surface area contributed by atoms with Gasteiger partial charge in [-0.05, 0) is 30.7 Å². The Morgan fingerprint density at radius 1 is 1.33 bits per heavy atom. The van der Waals surface area contributed by atoms with Gasteiger partial charge in [-0.25, -0.2) is 4.39 Å². The zero-order valence-corrected chi connectivity index (χ0v) is 9.81. The number of rotatable bonds is 4. The fourth-order valence-electron chi connectivity index (χ4n) is 1.34. The summed E-state index contributed by atoms with van der Waals surface area (Å²) in [5.41, 5.74) is 0.568. The molecule has 0 spiro atoms. The summed E-state index contributed by atoms with van der Waals surface area (Å²) in [5.74, 6) is -0.656. The molecule has 0 fully saturated rings. The van der Waals surface area contributed by atoms with E-state index in [9.17, 15) is 9.18 Å². The van der Waals surface area contributed by atoms with Crippen LogP contribution >= 0.6 is 0 Å². The molecular formula is C12H12FN3O2. The van der Waals surface area contributed by atoms with E-state index in [1.165, 1.54) is 24.3 Å². The first-order chi connectivity index (χ1) is 8.70. The fourth-order valence-corrected chi connectivity index (χ4v) is 1.34. The standard InChI is InChI=1S/C12H12FN3O2/c1-2-7-14-10(17)12-16-15-11(18-12)8-3-5-9(13)6-4-8/h3-6H,2,7H2,1H3,(H,14,17). The lowest BCUT2D eigenvalue weighted by atomic mass is 10.2. The number of carbonyl (C=O) groups excluding carboxylic acids is 1. The molecule has 0 aliphatic rings. The van der Waals surface area contributed by atoms with Gasteiger partial charge in [-0.1, -0.05) is 6.92 Å². The Morgan fingerprint density at radius 3 is 2.72 bits per heavy atom. The molecular weight excluding hydrogens is 237 g/mol. The highest BCUT2D eigenvalue weighted by Gasteiger charge is 2.14. The minimum atomic E-state index is -0.405. The Hall–Kier alpha value is -2.24.